The molecule has 136 valence electrons. The van der Waals surface area contributed by atoms with Gasteiger partial charge in [-0.1, -0.05) is 24.3 Å². The second-order valence-electron chi connectivity index (χ2n) is 6.26. The smallest absolute Gasteiger partial charge is 0.271 e. The Hall–Kier alpha value is -1.89. The number of aromatic nitrogens is 2. The maximum Gasteiger partial charge on any atom is 0.271 e. The van der Waals surface area contributed by atoms with E-state index in [1.807, 2.05) is 42.1 Å². The molecule has 1 aromatic carbocycles. The SMILES string of the molecule is Cc1ccccc1C(O)CNC(=O)c1ccn(C2CCCNC2)n1.Cl. The van der Waals surface area contributed by atoms with E-state index in [0.717, 1.165) is 37.1 Å². The van der Waals surface area contributed by atoms with Crippen molar-refractivity contribution in [1.82, 2.24) is 20.4 Å². The molecule has 1 aliphatic rings. The Bertz CT molecular complexity index is 698. The van der Waals surface area contributed by atoms with Gasteiger partial charge in [-0.3, -0.25) is 9.48 Å². The summed E-state index contributed by atoms with van der Waals surface area (Å²) in [4.78, 5) is 12.2. The van der Waals surface area contributed by atoms with Gasteiger partial charge < -0.3 is 15.7 Å². The maximum atomic E-state index is 12.2. The average molecular weight is 365 g/mol. The number of rotatable bonds is 5. The van der Waals surface area contributed by atoms with E-state index in [1.165, 1.54) is 0 Å². The van der Waals surface area contributed by atoms with Crippen LogP contribution in [0.25, 0.3) is 0 Å². The van der Waals surface area contributed by atoms with E-state index in [-0.39, 0.29) is 24.9 Å². The predicted octanol–water partition coefficient (Wildman–Crippen LogP) is 2.00. The number of amides is 1. The van der Waals surface area contributed by atoms with Crippen LogP contribution in [-0.4, -0.2) is 40.4 Å². The molecular weight excluding hydrogens is 340 g/mol. The van der Waals surface area contributed by atoms with E-state index >= 15 is 0 Å². The Balaban J connectivity index is 0.00000225. The van der Waals surface area contributed by atoms with E-state index in [0.29, 0.717) is 11.7 Å². The van der Waals surface area contributed by atoms with Crippen LogP contribution in [0, 0.1) is 6.92 Å². The molecule has 2 unspecified atom stereocenters. The van der Waals surface area contributed by atoms with Crippen molar-refractivity contribution in [3.05, 3.63) is 53.3 Å². The fourth-order valence-electron chi connectivity index (χ4n) is 3.07. The van der Waals surface area contributed by atoms with E-state index in [1.54, 1.807) is 6.07 Å². The van der Waals surface area contributed by atoms with Crippen LogP contribution in [0.2, 0.25) is 0 Å². The molecule has 3 rings (SSSR count). The quantitative estimate of drug-likeness (QED) is 0.758. The third-order valence-corrected chi connectivity index (χ3v) is 4.49. The Morgan fingerprint density at radius 3 is 2.96 bits per heavy atom. The summed E-state index contributed by atoms with van der Waals surface area (Å²) in [6.07, 6.45) is 3.32. The second kappa shape index (κ2) is 8.99. The molecule has 1 aromatic heterocycles. The number of carbonyl (C=O) groups excluding carboxylic acids is 1. The van der Waals surface area contributed by atoms with Gasteiger partial charge in [0.15, 0.2) is 0 Å². The third kappa shape index (κ3) is 4.81. The lowest BCUT2D eigenvalue weighted by Crippen LogP contribution is -2.32. The number of halogens is 1. The summed E-state index contributed by atoms with van der Waals surface area (Å²) in [5.74, 6) is -0.259. The molecule has 0 aliphatic carbocycles. The minimum atomic E-state index is -0.722. The number of hydrogen-bond donors (Lipinski definition) is 3. The molecule has 2 atom stereocenters. The molecule has 0 bridgehead atoms. The summed E-state index contributed by atoms with van der Waals surface area (Å²) in [5.41, 5.74) is 2.22. The van der Waals surface area contributed by atoms with Crippen LogP contribution in [0.15, 0.2) is 36.5 Å². The number of hydrogen-bond acceptors (Lipinski definition) is 4. The number of piperidine rings is 1. The summed E-state index contributed by atoms with van der Waals surface area (Å²) >= 11 is 0. The van der Waals surface area contributed by atoms with Crippen molar-refractivity contribution in [3.8, 4) is 0 Å². The largest absolute Gasteiger partial charge is 0.387 e. The van der Waals surface area contributed by atoms with Crippen molar-refractivity contribution in [2.45, 2.75) is 31.9 Å². The van der Waals surface area contributed by atoms with Crippen molar-refractivity contribution in [3.63, 3.8) is 0 Å². The molecule has 7 heteroatoms. The molecule has 6 nitrogen and oxygen atoms in total. The van der Waals surface area contributed by atoms with Crippen molar-refractivity contribution < 1.29 is 9.90 Å². The van der Waals surface area contributed by atoms with E-state index in [2.05, 4.69) is 15.7 Å². The van der Waals surface area contributed by atoms with Gasteiger partial charge in [-0.25, -0.2) is 0 Å². The summed E-state index contributed by atoms with van der Waals surface area (Å²) in [6, 6.07) is 9.66. The van der Waals surface area contributed by atoms with E-state index in [4.69, 9.17) is 0 Å². The molecule has 0 saturated carbocycles. The molecule has 0 radical (unpaired) electrons. The number of aryl methyl sites for hydroxylation is 1. The van der Waals surface area contributed by atoms with Crippen LogP contribution < -0.4 is 10.6 Å². The summed E-state index contributed by atoms with van der Waals surface area (Å²) in [7, 11) is 0. The number of aliphatic hydroxyl groups is 1. The highest BCUT2D eigenvalue weighted by atomic mass is 35.5. The van der Waals surface area contributed by atoms with Gasteiger partial charge in [0.1, 0.15) is 5.69 Å². The molecule has 2 heterocycles. The molecule has 3 N–H and O–H groups in total. The zero-order valence-electron chi connectivity index (χ0n) is 14.3. The molecule has 1 saturated heterocycles. The highest BCUT2D eigenvalue weighted by molar-refractivity contribution is 5.92. The number of nitrogens with one attached hydrogen (secondary N) is 2. The zero-order valence-corrected chi connectivity index (χ0v) is 15.1. The monoisotopic (exact) mass is 364 g/mol. The highest BCUT2D eigenvalue weighted by Crippen LogP contribution is 2.17. The predicted molar refractivity (Wildman–Crippen MR) is 99.1 cm³/mol. The zero-order chi connectivity index (χ0) is 16.9. The molecule has 1 aliphatic heterocycles. The van der Waals surface area contributed by atoms with Crippen LogP contribution in [0.4, 0.5) is 0 Å². The number of aliphatic hydroxyl groups excluding tert-OH is 1. The van der Waals surface area contributed by atoms with Crippen LogP contribution >= 0.6 is 12.4 Å². The molecule has 1 fully saturated rings. The van der Waals surface area contributed by atoms with Crippen LogP contribution in [0.1, 0.15) is 46.6 Å². The lowest BCUT2D eigenvalue weighted by molar-refractivity contribution is 0.0909. The van der Waals surface area contributed by atoms with Crippen LogP contribution in [0.3, 0.4) is 0 Å². The Labute approximate surface area is 154 Å². The van der Waals surface area contributed by atoms with E-state index in [9.17, 15) is 9.90 Å². The molecular formula is C18H25ClN4O2. The lowest BCUT2D eigenvalue weighted by Gasteiger charge is -2.22. The van der Waals surface area contributed by atoms with Crippen LogP contribution in [-0.2, 0) is 0 Å². The number of nitrogens with zero attached hydrogens (tertiary/aromatic N) is 2. The first-order valence-corrected chi connectivity index (χ1v) is 8.43. The first-order chi connectivity index (χ1) is 11.6. The van der Waals surface area contributed by atoms with Crippen molar-refractivity contribution in [2.24, 2.45) is 0 Å². The number of benzene rings is 1. The van der Waals surface area contributed by atoms with Crippen molar-refractivity contribution >= 4 is 18.3 Å². The molecule has 2 aromatic rings. The summed E-state index contributed by atoms with van der Waals surface area (Å²) < 4.78 is 1.86. The first-order valence-electron chi connectivity index (χ1n) is 8.43. The minimum Gasteiger partial charge on any atom is -0.387 e. The fraction of sp³-hybridized carbons (Fsp3) is 0.444. The van der Waals surface area contributed by atoms with Gasteiger partial charge in [-0.05, 0) is 43.5 Å². The van der Waals surface area contributed by atoms with Gasteiger partial charge in [-0.15, -0.1) is 12.4 Å². The standard InChI is InChI=1S/C18H24N4O2.ClH/c1-13-5-2-3-7-15(13)17(23)12-20-18(24)16-8-10-22(21-16)14-6-4-9-19-11-14;/h2-3,5,7-8,10,14,17,19,23H,4,6,9,11-12H2,1H3,(H,20,24);1H. The Morgan fingerprint density at radius 2 is 2.24 bits per heavy atom. The normalized spacial score (nSPS) is 18.2. The van der Waals surface area contributed by atoms with Gasteiger partial charge in [0.25, 0.3) is 5.91 Å². The van der Waals surface area contributed by atoms with E-state index < -0.39 is 6.10 Å². The molecule has 1 amide bonds. The highest BCUT2D eigenvalue weighted by Gasteiger charge is 2.18. The number of carbonyl (C=O) groups is 1. The minimum absolute atomic E-state index is 0. The molecule has 0 spiro atoms. The maximum absolute atomic E-state index is 12.2. The van der Waals surface area contributed by atoms with Crippen molar-refractivity contribution in [2.75, 3.05) is 19.6 Å². The lowest BCUT2D eigenvalue weighted by atomic mass is 10.0. The summed E-state index contributed by atoms with van der Waals surface area (Å²) in [5, 5.41) is 20.7. The van der Waals surface area contributed by atoms with Gasteiger partial charge in [0.2, 0.25) is 0 Å². The van der Waals surface area contributed by atoms with Gasteiger partial charge in [0.05, 0.1) is 12.1 Å². The Morgan fingerprint density at radius 1 is 1.44 bits per heavy atom. The Kier molecular flexibility index (Phi) is 6.99. The first kappa shape index (κ1) is 19.4. The summed E-state index contributed by atoms with van der Waals surface area (Å²) in [6.45, 7) is 4.04. The average Bonchev–Trinajstić information content (AvgIpc) is 3.11. The van der Waals surface area contributed by atoms with Crippen molar-refractivity contribution in [1.29, 1.82) is 0 Å². The third-order valence-electron chi connectivity index (χ3n) is 4.49. The van der Waals surface area contributed by atoms with Gasteiger partial charge >= 0.3 is 0 Å². The molecule has 25 heavy (non-hydrogen) atoms. The topological polar surface area (TPSA) is 79.2 Å². The van der Waals surface area contributed by atoms with Crippen LogP contribution in [0.5, 0.6) is 0 Å². The fourth-order valence-corrected chi connectivity index (χ4v) is 3.07. The second-order valence-corrected chi connectivity index (χ2v) is 6.26. The van der Waals surface area contributed by atoms with Gasteiger partial charge in [0, 0.05) is 19.3 Å². The van der Waals surface area contributed by atoms with Gasteiger partial charge in [-0.2, -0.15) is 5.10 Å².